The lowest BCUT2D eigenvalue weighted by molar-refractivity contribution is 0.426. The fourth-order valence-corrected chi connectivity index (χ4v) is 9.67. The smallest absolute Gasteiger partial charge is 0.436 e. The standard InChI is InChI=1S/C31H20N2O.C18H14BNO2.C13H8BrNO/c1-2-8-24(9-3-1)33-28-12-6-4-10-25(28)26-20-23(18-19-29(26)33)21-14-16-22(17-15-21)31-32-27-11-5-7-13-30(27)34-31;21-19(22)13-10-11-18-16(12-13)15-8-4-5-9-17(15)20(18)14-6-2-1-3-7-14;14-10-7-5-9(6-8-10)13-15-11-3-1-2-4-12(11)16-13/h1-20H;1-12,21-22H;1-8H. The summed E-state index contributed by atoms with van der Waals surface area (Å²) in [5, 5.41) is 23.5. The molecule has 2 N–H and O–H groups in total. The SMILES string of the molecule is Brc1ccc(-c2nc3ccccc3o2)cc1.OB(O)c1ccc2c(c1)c1ccccc1n2-c1ccccc1.c1ccc(-n2c3ccccc3c3cc(-c4ccc(-c5nc6ccccc6o5)cc4)ccc32)cc1. The molecule has 0 spiro atoms. The first kappa shape index (κ1) is 44.4. The topological polar surface area (TPSA) is 102 Å². The summed E-state index contributed by atoms with van der Waals surface area (Å²) in [6.07, 6.45) is 0. The Bertz CT molecular complexity index is 4140. The Kier molecular flexibility index (Phi) is 11.8. The van der Waals surface area contributed by atoms with Crippen LogP contribution in [0, 0.1) is 0 Å². The summed E-state index contributed by atoms with van der Waals surface area (Å²) in [5.41, 5.74) is 15.0. The van der Waals surface area contributed by atoms with Gasteiger partial charge in [0.25, 0.3) is 0 Å². The zero-order valence-electron chi connectivity index (χ0n) is 38.5. The minimum absolute atomic E-state index is 0.503. The van der Waals surface area contributed by atoms with Crippen molar-refractivity contribution >= 4 is 94.3 Å². The second kappa shape index (κ2) is 19.2. The number of fused-ring (bicyclic) bond motifs is 8. The molecule has 10 aromatic carbocycles. The van der Waals surface area contributed by atoms with Crippen LogP contribution in [0.15, 0.2) is 256 Å². The highest BCUT2D eigenvalue weighted by molar-refractivity contribution is 9.10. The Balaban J connectivity index is 0.000000120. The maximum absolute atomic E-state index is 9.43. The van der Waals surface area contributed by atoms with E-state index in [4.69, 9.17) is 8.83 Å². The van der Waals surface area contributed by atoms with Crippen LogP contribution >= 0.6 is 15.9 Å². The molecule has 0 aliphatic heterocycles. The number of benzene rings is 10. The van der Waals surface area contributed by atoms with E-state index in [2.05, 4.69) is 156 Å². The lowest BCUT2D eigenvalue weighted by atomic mass is 9.80. The largest absolute Gasteiger partial charge is 0.488 e. The average Bonchev–Trinajstić information content (AvgIpc) is 4.23. The van der Waals surface area contributed by atoms with Crippen LogP contribution in [0.25, 0.3) is 111 Å². The molecular weight excluding hydrogens is 955 g/mol. The maximum Gasteiger partial charge on any atom is 0.488 e. The number of oxazole rings is 2. The van der Waals surface area contributed by atoms with Gasteiger partial charge < -0.3 is 28.0 Å². The molecule has 0 saturated carbocycles. The molecule has 0 unspecified atom stereocenters. The maximum atomic E-state index is 9.43. The predicted molar refractivity (Wildman–Crippen MR) is 297 cm³/mol. The second-order valence-electron chi connectivity index (χ2n) is 17.3. The van der Waals surface area contributed by atoms with E-state index in [0.29, 0.717) is 17.2 Å². The van der Waals surface area contributed by atoms with Crippen LogP contribution in [0.5, 0.6) is 0 Å². The second-order valence-corrected chi connectivity index (χ2v) is 18.2. The first-order chi connectivity index (χ1) is 35.4. The molecule has 0 atom stereocenters. The van der Waals surface area contributed by atoms with E-state index in [1.165, 1.54) is 38.6 Å². The van der Waals surface area contributed by atoms with Gasteiger partial charge in [-0.3, -0.25) is 0 Å². The zero-order valence-corrected chi connectivity index (χ0v) is 40.1. The molecule has 0 fully saturated rings. The van der Waals surface area contributed by atoms with Gasteiger partial charge in [-0.25, -0.2) is 9.97 Å². The molecule has 14 rings (SSSR count). The van der Waals surface area contributed by atoms with Crippen LogP contribution in [0.4, 0.5) is 0 Å². The Morgan fingerprint density at radius 3 is 1.28 bits per heavy atom. The molecule has 4 aromatic heterocycles. The van der Waals surface area contributed by atoms with Gasteiger partial charge in [0.15, 0.2) is 11.2 Å². The van der Waals surface area contributed by atoms with Crippen LogP contribution in [-0.4, -0.2) is 36.3 Å². The molecular formula is C62H42BBrN4O4. The van der Waals surface area contributed by atoms with E-state index in [1.807, 2.05) is 115 Å². The third-order valence-electron chi connectivity index (χ3n) is 12.8. The van der Waals surface area contributed by atoms with E-state index >= 15 is 0 Å². The van der Waals surface area contributed by atoms with Gasteiger partial charge in [0.1, 0.15) is 11.0 Å². The van der Waals surface area contributed by atoms with E-state index in [-0.39, 0.29) is 0 Å². The van der Waals surface area contributed by atoms with Crippen molar-refractivity contribution in [2.45, 2.75) is 0 Å². The number of hydrogen-bond acceptors (Lipinski definition) is 6. The van der Waals surface area contributed by atoms with E-state index in [1.54, 1.807) is 6.07 Å². The number of rotatable bonds is 6. The van der Waals surface area contributed by atoms with Gasteiger partial charge in [-0.15, -0.1) is 0 Å². The molecule has 4 heterocycles. The average molecular weight is 998 g/mol. The predicted octanol–water partition coefficient (Wildman–Crippen LogP) is 15.0. The van der Waals surface area contributed by atoms with Crippen molar-refractivity contribution in [3.8, 4) is 45.4 Å². The third kappa shape index (κ3) is 8.54. The molecule has 72 heavy (non-hydrogen) atoms. The van der Waals surface area contributed by atoms with Crippen LogP contribution in [0.1, 0.15) is 0 Å². The normalized spacial score (nSPS) is 11.3. The summed E-state index contributed by atoms with van der Waals surface area (Å²) in [5.74, 6) is 1.31. The molecule has 0 aliphatic carbocycles. The highest BCUT2D eigenvalue weighted by atomic mass is 79.9. The van der Waals surface area contributed by atoms with E-state index in [0.717, 1.165) is 65.3 Å². The molecule has 344 valence electrons. The third-order valence-corrected chi connectivity index (χ3v) is 13.4. The molecule has 0 amide bonds. The number of halogens is 1. The Morgan fingerprint density at radius 2 is 0.764 bits per heavy atom. The number of aromatic nitrogens is 4. The van der Waals surface area contributed by atoms with Crippen molar-refractivity contribution in [3.05, 3.63) is 247 Å². The Labute approximate surface area is 422 Å². The number of para-hydroxylation sites is 8. The monoisotopic (exact) mass is 996 g/mol. The van der Waals surface area contributed by atoms with Gasteiger partial charge in [-0.1, -0.05) is 143 Å². The van der Waals surface area contributed by atoms with Gasteiger partial charge in [0, 0.05) is 48.5 Å². The van der Waals surface area contributed by atoms with Crippen molar-refractivity contribution in [1.82, 2.24) is 19.1 Å². The van der Waals surface area contributed by atoms with Gasteiger partial charge in [-0.05, 0) is 132 Å². The molecule has 0 saturated heterocycles. The van der Waals surface area contributed by atoms with Crippen LogP contribution < -0.4 is 5.46 Å². The lowest BCUT2D eigenvalue weighted by Crippen LogP contribution is -2.29. The summed E-state index contributed by atoms with van der Waals surface area (Å²) in [4.78, 5) is 9.05. The van der Waals surface area contributed by atoms with E-state index in [9.17, 15) is 10.0 Å². The zero-order chi connectivity index (χ0) is 48.5. The molecule has 8 nitrogen and oxygen atoms in total. The summed E-state index contributed by atoms with van der Waals surface area (Å²) >= 11 is 3.40. The van der Waals surface area contributed by atoms with Gasteiger partial charge in [0.05, 0.1) is 22.1 Å². The summed E-state index contributed by atoms with van der Waals surface area (Å²) < 4.78 is 17.2. The fraction of sp³-hybridized carbons (Fsp3) is 0. The minimum Gasteiger partial charge on any atom is -0.436 e. The fourth-order valence-electron chi connectivity index (χ4n) is 9.40. The summed E-state index contributed by atoms with van der Waals surface area (Å²) in [7, 11) is -1.46. The molecule has 0 aliphatic rings. The van der Waals surface area contributed by atoms with Crippen molar-refractivity contribution in [3.63, 3.8) is 0 Å². The van der Waals surface area contributed by atoms with Crippen molar-refractivity contribution in [2.75, 3.05) is 0 Å². The highest BCUT2D eigenvalue weighted by Gasteiger charge is 2.17. The minimum atomic E-state index is -1.46. The first-order valence-corrected chi connectivity index (χ1v) is 24.3. The molecule has 10 heteroatoms. The van der Waals surface area contributed by atoms with Crippen molar-refractivity contribution in [2.24, 2.45) is 0 Å². The molecule has 0 bridgehead atoms. The van der Waals surface area contributed by atoms with Gasteiger partial charge in [0.2, 0.25) is 11.8 Å². The van der Waals surface area contributed by atoms with Gasteiger partial charge >= 0.3 is 7.12 Å². The summed E-state index contributed by atoms with van der Waals surface area (Å²) in [6, 6.07) is 81.7. The Morgan fingerprint density at radius 1 is 0.361 bits per heavy atom. The first-order valence-electron chi connectivity index (χ1n) is 23.5. The highest BCUT2D eigenvalue weighted by Crippen LogP contribution is 2.36. The van der Waals surface area contributed by atoms with Crippen LogP contribution in [-0.2, 0) is 0 Å². The molecule has 14 aromatic rings. The summed E-state index contributed by atoms with van der Waals surface area (Å²) in [6.45, 7) is 0. The van der Waals surface area contributed by atoms with Gasteiger partial charge in [-0.2, -0.15) is 0 Å². The van der Waals surface area contributed by atoms with Crippen LogP contribution in [0.3, 0.4) is 0 Å². The quantitative estimate of drug-likeness (QED) is 0.161. The number of hydrogen-bond donors (Lipinski definition) is 2. The lowest BCUT2D eigenvalue weighted by Gasteiger charge is -2.08. The van der Waals surface area contributed by atoms with E-state index < -0.39 is 7.12 Å². The number of nitrogens with zero attached hydrogens (tertiary/aromatic N) is 4. The van der Waals surface area contributed by atoms with Crippen LogP contribution in [0.2, 0.25) is 0 Å². The van der Waals surface area contributed by atoms with Crippen molar-refractivity contribution in [1.29, 1.82) is 0 Å². The Hall–Kier alpha value is -8.80. The molecule has 0 radical (unpaired) electrons. The van der Waals surface area contributed by atoms with Crippen molar-refractivity contribution < 1.29 is 18.9 Å².